The molecule has 0 spiro atoms. The van der Waals surface area contributed by atoms with Crippen molar-refractivity contribution in [2.45, 2.75) is 48.6 Å². The number of hydrogen-bond donors (Lipinski definition) is 0. The summed E-state index contributed by atoms with van der Waals surface area (Å²) < 4.78 is 36.6. The quantitative estimate of drug-likeness (QED) is 0.695. The number of piperidine rings is 1. The number of likely N-dealkylation sites (tertiary alicyclic amines) is 1. The van der Waals surface area contributed by atoms with E-state index in [4.69, 9.17) is 20.5 Å². The fourth-order valence-electron chi connectivity index (χ4n) is 4.41. The molecule has 0 aromatic heterocycles. The van der Waals surface area contributed by atoms with Crippen molar-refractivity contribution < 1.29 is 17.3 Å². The van der Waals surface area contributed by atoms with Gasteiger partial charge >= 0.3 is 10.1 Å². The highest BCUT2D eigenvalue weighted by Gasteiger charge is 2.41. The summed E-state index contributed by atoms with van der Waals surface area (Å²) in [5.41, 5.74) is 1.16. The van der Waals surface area contributed by atoms with Gasteiger partial charge in [0.15, 0.2) is 0 Å². The Morgan fingerprint density at radius 3 is 2.57 bits per heavy atom. The number of rotatable bonds is 4. The van der Waals surface area contributed by atoms with Crippen LogP contribution < -0.4 is 8.92 Å². The maximum atomic E-state index is 12.5. The van der Waals surface area contributed by atoms with Crippen LogP contribution in [0.15, 0.2) is 47.4 Å². The van der Waals surface area contributed by atoms with E-state index >= 15 is 0 Å². The molecule has 2 aliphatic heterocycles. The number of ether oxygens (including phenoxy) is 1. The van der Waals surface area contributed by atoms with Gasteiger partial charge in [-0.3, -0.25) is 4.90 Å². The van der Waals surface area contributed by atoms with Crippen molar-refractivity contribution in [2.75, 3.05) is 13.1 Å². The number of nitrogens with zero attached hydrogens (tertiary/aromatic N) is 1. The summed E-state index contributed by atoms with van der Waals surface area (Å²) in [7, 11) is -3.91. The van der Waals surface area contributed by atoms with Gasteiger partial charge in [0, 0.05) is 35.2 Å². The third-order valence-corrected chi connectivity index (χ3v) is 7.67. The van der Waals surface area contributed by atoms with E-state index in [1.165, 1.54) is 43.5 Å². The summed E-state index contributed by atoms with van der Waals surface area (Å²) in [4.78, 5) is 2.63. The Kier molecular flexibility index (Phi) is 4.53. The first-order chi connectivity index (χ1) is 13.5. The van der Waals surface area contributed by atoms with Crippen LogP contribution in [0, 0.1) is 0 Å². The first-order valence-corrected chi connectivity index (χ1v) is 11.5. The standard InChI is InChI=1S/C21H22ClNO4S/c22-14-4-7-17(8-5-14)28(24,25)27-16-6-9-18-19-10-11-23(15-2-1-3-15)13-21(19)26-20(18)12-16/h4-9,12,15,19,21H,1-3,10-11,13H2. The minimum Gasteiger partial charge on any atom is -0.488 e. The molecule has 0 N–H and O–H groups in total. The fourth-order valence-corrected chi connectivity index (χ4v) is 5.46. The Hall–Kier alpha value is -1.76. The molecule has 5 rings (SSSR count). The maximum absolute atomic E-state index is 12.5. The van der Waals surface area contributed by atoms with Crippen molar-refractivity contribution in [1.82, 2.24) is 4.90 Å². The molecular weight excluding hydrogens is 398 g/mol. The second-order valence-corrected chi connectivity index (χ2v) is 9.80. The van der Waals surface area contributed by atoms with Gasteiger partial charge in [-0.25, -0.2) is 0 Å². The largest absolute Gasteiger partial charge is 0.488 e. The zero-order valence-electron chi connectivity index (χ0n) is 15.4. The Morgan fingerprint density at radius 1 is 1.07 bits per heavy atom. The SMILES string of the molecule is O=S(=O)(Oc1ccc2c(c1)OC1CN(C3CCC3)CCC21)c1ccc(Cl)cc1. The third-order valence-electron chi connectivity index (χ3n) is 6.15. The van der Waals surface area contributed by atoms with Crippen molar-refractivity contribution in [1.29, 1.82) is 0 Å². The molecule has 0 bridgehead atoms. The zero-order chi connectivity index (χ0) is 19.3. The molecule has 7 heteroatoms. The van der Waals surface area contributed by atoms with Crippen LogP contribution in [0.2, 0.25) is 5.02 Å². The van der Waals surface area contributed by atoms with Crippen LogP contribution in [-0.2, 0) is 10.1 Å². The lowest BCUT2D eigenvalue weighted by Gasteiger charge is -2.43. The molecule has 5 nitrogen and oxygen atoms in total. The molecule has 2 heterocycles. The summed E-state index contributed by atoms with van der Waals surface area (Å²) in [6.07, 6.45) is 5.15. The van der Waals surface area contributed by atoms with Crippen LogP contribution in [0.4, 0.5) is 0 Å². The van der Waals surface area contributed by atoms with Gasteiger partial charge in [-0.1, -0.05) is 24.1 Å². The molecule has 2 unspecified atom stereocenters. The average molecular weight is 420 g/mol. The number of hydrogen-bond acceptors (Lipinski definition) is 5. The molecule has 2 atom stereocenters. The summed E-state index contributed by atoms with van der Waals surface area (Å²) in [5.74, 6) is 1.39. The van der Waals surface area contributed by atoms with E-state index < -0.39 is 10.1 Å². The van der Waals surface area contributed by atoms with E-state index in [9.17, 15) is 8.42 Å². The minimum atomic E-state index is -3.91. The van der Waals surface area contributed by atoms with Crippen molar-refractivity contribution in [3.8, 4) is 11.5 Å². The highest BCUT2D eigenvalue weighted by atomic mass is 35.5. The first kappa shape index (κ1) is 18.3. The van der Waals surface area contributed by atoms with Gasteiger partial charge in [0.2, 0.25) is 0 Å². The Balaban J connectivity index is 1.33. The molecule has 1 saturated heterocycles. The minimum absolute atomic E-state index is 0.0723. The van der Waals surface area contributed by atoms with Crippen molar-refractivity contribution in [3.05, 3.63) is 53.1 Å². The summed E-state index contributed by atoms with van der Waals surface area (Å²) >= 11 is 5.83. The van der Waals surface area contributed by atoms with Crippen LogP contribution in [0.25, 0.3) is 0 Å². The van der Waals surface area contributed by atoms with E-state index in [1.807, 2.05) is 6.07 Å². The number of benzene rings is 2. The Bertz CT molecular complexity index is 988. The normalized spacial score (nSPS) is 24.8. The molecule has 28 heavy (non-hydrogen) atoms. The van der Waals surface area contributed by atoms with E-state index in [-0.39, 0.29) is 16.7 Å². The van der Waals surface area contributed by atoms with Gasteiger partial charge < -0.3 is 8.92 Å². The second-order valence-electron chi connectivity index (χ2n) is 7.82. The summed E-state index contributed by atoms with van der Waals surface area (Å²) in [6, 6.07) is 12.0. The second kappa shape index (κ2) is 6.94. The molecular formula is C21H22ClNO4S. The van der Waals surface area contributed by atoms with E-state index in [0.717, 1.165) is 36.9 Å². The topological polar surface area (TPSA) is 55.8 Å². The van der Waals surface area contributed by atoms with E-state index in [0.29, 0.717) is 10.9 Å². The highest BCUT2D eigenvalue weighted by molar-refractivity contribution is 7.87. The van der Waals surface area contributed by atoms with Gasteiger partial charge in [-0.2, -0.15) is 8.42 Å². The van der Waals surface area contributed by atoms with Crippen molar-refractivity contribution >= 4 is 21.7 Å². The maximum Gasteiger partial charge on any atom is 0.339 e. The molecule has 1 saturated carbocycles. The zero-order valence-corrected chi connectivity index (χ0v) is 17.0. The Morgan fingerprint density at radius 2 is 1.86 bits per heavy atom. The lowest BCUT2D eigenvalue weighted by atomic mass is 9.85. The van der Waals surface area contributed by atoms with Gasteiger partial charge in [0.05, 0.1) is 0 Å². The lowest BCUT2D eigenvalue weighted by Crippen LogP contribution is -2.50. The molecule has 0 radical (unpaired) electrons. The molecule has 0 amide bonds. The summed E-state index contributed by atoms with van der Waals surface area (Å²) in [5, 5.41) is 0.475. The lowest BCUT2D eigenvalue weighted by molar-refractivity contribution is 0.0366. The molecule has 2 aromatic carbocycles. The predicted molar refractivity (Wildman–Crippen MR) is 107 cm³/mol. The molecule has 2 aromatic rings. The van der Waals surface area contributed by atoms with Crippen LogP contribution >= 0.6 is 11.6 Å². The van der Waals surface area contributed by atoms with Crippen molar-refractivity contribution in [2.24, 2.45) is 0 Å². The highest BCUT2D eigenvalue weighted by Crippen LogP contribution is 2.45. The van der Waals surface area contributed by atoms with Gasteiger partial charge in [0.25, 0.3) is 0 Å². The summed E-state index contributed by atoms with van der Waals surface area (Å²) in [6.45, 7) is 2.06. The van der Waals surface area contributed by atoms with Crippen LogP contribution in [0.3, 0.4) is 0 Å². The van der Waals surface area contributed by atoms with Gasteiger partial charge in [0.1, 0.15) is 22.5 Å². The fraction of sp³-hybridized carbons (Fsp3) is 0.429. The molecule has 148 valence electrons. The van der Waals surface area contributed by atoms with Crippen LogP contribution in [0.1, 0.15) is 37.2 Å². The Labute approximate surface area is 170 Å². The van der Waals surface area contributed by atoms with Gasteiger partial charge in [-0.05, 0) is 56.1 Å². The van der Waals surface area contributed by atoms with E-state index in [1.54, 1.807) is 12.1 Å². The predicted octanol–water partition coefficient (Wildman–Crippen LogP) is 4.21. The van der Waals surface area contributed by atoms with Crippen LogP contribution in [-0.4, -0.2) is 38.6 Å². The van der Waals surface area contributed by atoms with Gasteiger partial charge in [-0.15, -0.1) is 0 Å². The monoisotopic (exact) mass is 419 g/mol. The smallest absolute Gasteiger partial charge is 0.339 e. The first-order valence-electron chi connectivity index (χ1n) is 9.74. The average Bonchev–Trinajstić information content (AvgIpc) is 2.97. The van der Waals surface area contributed by atoms with E-state index in [2.05, 4.69) is 4.90 Å². The third kappa shape index (κ3) is 3.27. The number of halogens is 1. The number of fused-ring (bicyclic) bond motifs is 3. The molecule has 2 fully saturated rings. The molecule has 3 aliphatic rings. The van der Waals surface area contributed by atoms with Crippen molar-refractivity contribution in [3.63, 3.8) is 0 Å². The molecule has 1 aliphatic carbocycles. The van der Waals surface area contributed by atoms with Crippen LogP contribution in [0.5, 0.6) is 11.5 Å².